The zero-order valence-corrected chi connectivity index (χ0v) is 13.1. The highest BCUT2D eigenvalue weighted by molar-refractivity contribution is 5.27. The van der Waals surface area contributed by atoms with E-state index in [2.05, 4.69) is 15.0 Å². The van der Waals surface area contributed by atoms with Gasteiger partial charge in [-0.2, -0.15) is 13.2 Å². The third-order valence-electron chi connectivity index (χ3n) is 4.58. The summed E-state index contributed by atoms with van der Waals surface area (Å²) in [5.41, 5.74) is 1.67. The molecule has 2 aliphatic rings. The van der Waals surface area contributed by atoms with Gasteiger partial charge in [0, 0.05) is 61.8 Å². The highest BCUT2D eigenvalue weighted by Gasteiger charge is 2.34. The molecule has 4 rings (SSSR count). The van der Waals surface area contributed by atoms with E-state index >= 15 is 0 Å². The monoisotopic (exact) mass is 334 g/mol. The quantitative estimate of drug-likeness (QED) is 0.863. The summed E-state index contributed by atoms with van der Waals surface area (Å²) < 4.78 is 39.3. The van der Waals surface area contributed by atoms with E-state index in [0.29, 0.717) is 19.0 Å². The molecule has 2 aromatic heterocycles. The topological polar surface area (TPSA) is 41.9 Å². The summed E-state index contributed by atoms with van der Waals surface area (Å²) in [4.78, 5) is 14.9. The Kier molecular flexibility index (Phi) is 3.75. The van der Waals surface area contributed by atoms with Crippen LogP contribution in [0.25, 0.3) is 0 Å². The zero-order valence-electron chi connectivity index (χ0n) is 13.1. The average molecular weight is 334 g/mol. The maximum absolute atomic E-state index is 13.1. The van der Waals surface area contributed by atoms with Crippen LogP contribution < -0.4 is 0 Å². The Morgan fingerprint density at radius 1 is 1.21 bits per heavy atom. The first-order chi connectivity index (χ1) is 11.5. The molecule has 0 radical (unpaired) electrons. The van der Waals surface area contributed by atoms with Crippen molar-refractivity contribution in [2.45, 2.75) is 44.4 Å². The first kappa shape index (κ1) is 15.5. The number of alkyl halides is 3. The molecular weight excluding hydrogens is 317 g/mol. The van der Waals surface area contributed by atoms with E-state index in [4.69, 9.17) is 0 Å². The zero-order chi connectivity index (χ0) is 16.7. The molecular formula is C17H17F3N4. The fourth-order valence-corrected chi connectivity index (χ4v) is 3.13. The van der Waals surface area contributed by atoms with Gasteiger partial charge in [0.05, 0.1) is 5.56 Å². The number of pyridine rings is 1. The van der Waals surface area contributed by atoms with Crippen molar-refractivity contribution in [3.05, 3.63) is 52.9 Å². The largest absolute Gasteiger partial charge is 0.416 e. The number of hydrogen-bond acceptors (Lipinski definition) is 4. The molecule has 1 aliphatic carbocycles. The van der Waals surface area contributed by atoms with Gasteiger partial charge in [0.2, 0.25) is 0 Å². The molecule has 24 heavy (non-hydrogen) atoms. The van der Waals surface area contributed by atoms with E-state index in [-0.39, 0.29) is 12.1 Å². The number of fused-ring (bicyclic) bond motifs is 1. The van der Waals surface area contributed by atoms with Crippen molar-refractivity contribution in [3.8, 4) is 0 Å². The summed E-state index contributed by atoms with van der Waals surface area (Å²) in [5, 5.41) is 0. The van der Waals surface area contributed by atoms with Crippen molar-refractivity contribution in [2.24, 2.45) is 0 Å². The van der Waals surface area contributed by atoms with E-state index in [1.54, 1.807) is 0 Å². The van der Waals surface area contributed by atoms with Crippen molar-refractivity contribution < 1.29 is 13.2 Å². The normalized spacial score (nSPS) is 18.5. The van der Waals surface area contributed by atoms with Crippen LogP contribution in [0.3, 0.4) is 0 Å². The molecule has 1 fully saturated rings. The Balaban J connectivity index is 1.51. The second-order valence-corrected chi connectivity index (χ2v) is 6.47. The van der Waals surface area contributed by atoms with Gasteiger partial charge in [0.15, 0.2) is 0 Å². The SMILES string of the molecule is FC(F)(F)c1ccncc1CN1CCc2nc(C3CC3)ncc2C1. The molecule has 1 aliphatic heterocycles. The fraction of sp³-hybridized carbons (Fsp3) is 0.471. The van der Waals surface area contributed by atoms with Gasteiger partial charge >= 0.3 is 6.18 Å². The Labute approximate surface area is 137 Å². The van der Waals surface area contributed by atoms with Crippen LogP contribution in [0, 0.1) is 0 Å². The van der Waals surface area contributed by atoms with Gasteiger partial charge in [-0.25, -0.2) is 9.97 Å². The second kappa shape index (κ2) is 5.81. The Bertz CT molecular complexity index is 756. The fourth-order valence-electron chi connectivity index (χ4n) is 3.13. The molecule has 0 amide bonds. The lowest BCUT2D eigenvalue weighted by molar-refractivity contribution is -0.138. The molecule has 0 N–H and O–H groups in total. The molecule has 3 heterocycles. The summed E-state index contributed by atoms with van der Waals surface area (Å²) in [6.45, 7) is 1.50. The first-order valence-corrected chi connectivity index (χ1v) is 8.08. The molecule has 4 nitrogen and oxygen atoms in total. The minimum Gasteiger partial charge on any atom is -0.294 e. The number of nitrogens with zero attached hydrogens (tertiary/aromatic N) is 4. The molecule has 7 heteroatoms. The molecule has 0 bridgehead atoms. The predicted octanol–water partition coefficient (Wildman–Crippen LogP) is 3.33. The summed E-state index contributed by atoms with van der Waals surface area (Å²) in [6, 6.07) is 1.04. The maximum Gasteiger partial charge on any atom is 0.416 e. The molecule has 0 aromatic carbocycles. The van der Waals surface area contributed by atoms with Crippen molar-refractivity contribution in [2.75, 3.05) is 6.54 Å². The standard InChI is InChI=1S/C17H17F3N4/c18-17(19,20)14-3-5-21-7-12(14)9-24-6-4-15-13(10-24)8-22-16(23-15)11-1-2-11/h3,5,7-8,11H,1-2,4,6,9-10H2. The van der Waals surface area contributed by atoms with E-state index in [0.717, 1.165) is 42.4 Å². The highest BCUT2D eigenvalue weighted by atomic mass is 19.4. The summed E-state index contributed by atoms with van der Waals surface area (Å²) >= 11 is 0. The number of hydrogen-bond donors (Lipinski definition) is 0. The minimum atomic E-state index is -4.35. The van der Waals surface area contributed by atoms with Crippen molar-refractivity contribution >= 4 is 0 Å². The van der Waals surface area contributed by atoms with Gasteiger partial charge in [-0.15, -0.1) is 0 Å². The Morgan fingerprint density at radius 2 is 2.04 bits per heavy atom. The van der Waals surface area contributed by atoms with Crippen molar-refractivity contribution in [1.82, 2.24) is 19.9 Å². The van der Waals surface area contributed by atoms with Crippen LogP contribution in [0.1, 0.15) is 47.0 Å². The first-order valence-electron chi connectivity index (χ1n) is 8.08. The highest BCUT2D eigenvalue weighted by Crippen LogP contribution is 2.38. The van der Waals surface area contributed by atoms with Crippen LogP contribution in [-0.2, 0) is 25.7 Å². The van der Waals surface area contributed by atoms with Crippen molar-refractivity contribution in [3.63, 3.8) is 0 Å². The maximum atomic E-state index is 13.1. The lowest BCUT2D eigenvalue weighted by Crippen LogP contribution is -2.32. The minimum absolute atomic E-state index is 0.212. The number of halogens is 3. The second-order valence-electron chi connectivity index (χ2n) is 6.47. The smallest absolute Gasteiger partial charge is 0.294 e. The molecule has 1 saturated carbocycles. The third-order valence-corrected chi connectivity index (χ3v) is 4.58. The Hall–Kier alpha value is -2.02. The molecule has 0 unspecified atom stereocenters. The summed E-state index contributed by atoms with van der Waals surface area (Å²) in [6.07, 6.45) is 3.05. The van der Waals surface area contributed by atoms with E-state index in [1.165, 1.54) is 12.4 Å². The van der Waals surface area contributed by atoms with Gasteiger partial charge in [-0.1, -0.05) is 0 Å². The lowest BCUT2D eigenvalue weighted by atomic mass is 10.0. The number of aromatic nitrogens is 3. The van der Waals surface area contributed by atoms with Gasteiger partial charge in [-0.05, 0) is 24.5 Å². The van der Waals surface area contributed by atoms with E-state index < -0.39 is 11.7 Å². The van der Waals surface area contributed by atoms with Gasteiger partial charge in [0.25, 0.3) is 0 Å². The molecule has 126 valence electrons. The lowest BCUT2D eigenvalue weighted by Gasteiger charge is -2.28. The predicted molar refractivity (Wildman–Crippen MR) is 81.1 cm³/mol. The van der Waals surface area contributed by atoms with Crippen molar-refractivity contribution in [1.29, 1.82) is 0 Å². The summed E-state index contributed by atoms with van der Waals surface area (Å²) in [5.74, 6) is 1.44. The molecule has 0 atom stereocenters. The Morgan fingerprint density at radius 3 is 2.79 bits per heavy atom. The van der Waals surface area contributed by atoms with E-state index in [1.807, 2.05) is 11.1 Å². The van der Waals surface area contributed by atoms with Gasteiger partial charge in [-0.3, -0.25) is 9.88 Å². The average Bonchev–Trinajstić information content (AvgIpc) is 3.39. The van der Waals surface area contributed by atoms with E-state index in [9.17, 15) is 13.2 Å². The molecule has 0 spiro atoms. The summed E-state index contributed by atoms with van der Waals surface area (Å²) in [7, 11) is 0. The van der Waals surface area contributed by atoms with Crippen LogP contribution in [0.5, 0.6) is 0 Å². The van der Waals surface area contributed by atoms with Gasteiger partial charge in [0.1, 0.15) is 5.82 Å². The molecule has 0 saturated heterocycles. The third kappa shape index (κ3) is 3.13. The van der Waals surface area contributed by atoms with Crippen LogP contribution in [0.2, 0.25) is 0 Å². The van der Waals surface area contributed by atoms with Crippen LogP contribution in [0.15, 0.2) is 24.7 Å². The van der Waals surface area contributed by atoms with Gasteiger partial charge < -0.3 is 0 Å². The van der Waals surface area contributed by atoms with Crippen LogP contribution in [-0.4, -0.2) is 26.4 Å². The molecule has 2 aromatic rings. The number of rotatable bonds is 3. The van der Waals surface area contributed by atoms with Crippen LogP contribution >= 0.6 is 0 Å². The van der Waals surface area contributed by atoms with Crippen LogP contribution in [0.4, 0.5) is 13.2 Å².